The molecule has 9 heavy (non-hydrogen) atoms. The van der Waals surface area contributed by atoms with Crippen LogP contribution < -0.4 is 0 Å². The van der Waals surface area contributed by atoms with Gasteiger partial charge in [-0.3, -0.25) is 0 Å². The molecule has 0 aliphatic heterocycles. The van der Waals surface area contributed by atoms with Crippen molar-refractivity contribution in [2.24, 2.45) is 0 Å². The Morgan fingerprint density at radius 2 is 1.67 bits per heavy atom. The molecule has 52 valence electrons. The van der Waals surface area contributed by atoms with Gasteiger partial charge in [0.15, 0.2) is 0 Å². The van der Waals surface area contributed by atoms with Crippen molar-refractivity contribution in [3.63, 3.8) is 0 Å². The molecule has 0 spiro atoms. The molecule has 0 rings (SSSR count). The third kappa shape index (κ3) is 3.87. The van der Waals surface area contributed by atoms with E-state index in [0.29, 0.717) is 0 Å². The van der Waals surface area contributed by atoms with Crippen molar-refractivity contribution in [2.75, 3.05) is 6.61 Å². The van der Waals surface area contributed by atoms with Gasteiger partial charge in [0.05, 0.1) is 0 Å². The standard InChI is InChI=1S/C4H9O4.Ac/c5-1-3(7)4(8)2-6;/h1,3-8H,2H2;/t3-,4+;/m0./s1. The third-order valence-electron chi connectivity index (χ3n) is 0.931. The predicted octanol–water partition coefficient (Wildman–Crippen LogP) is -2.43. The van der Waals surface area contributed by atoms with Crippen molar-refractivity contribution in [3.05, 3.63) is 0 Å². The fraction of sp³-hybridized carbons (Fsp3) is 1.00. The van der Waals surface area contributed by atoms with Gasteiger partial charge in [-0.25, -0.2) is 0 Å². The summed E-state index contributed by atoms with van der Waals surface area (Å²) >= 11 is 0.0494. The molecule has 0 radical (unpaired) electrons. The van der Waals surface area contributed by atoms with Gasteiger partial charge in [0.1, 0.15) is 0 Å². The first kappa shape index (κ1) is 10.3. The maximum absolute atomic E-state index is 8.78. The first-order valence-corrected chi connectivity index (χ1v) is 5.24. The summed E-state index contributed by atoms with van der Waals surface area (Å²) in [5.74, 6) is 0. The Balaban J connectivity index is 3.58. The van der Waals surface area contributed by atoms with Gasteiger partial charge in [-0.1, -0.05) is 0 Å². The molecule has 3 atom stereocenters. The Morgan fingerprint density at radius 1 is 1.22 bits per heavy atom. The molecule has 0 amide bonds. The molecule has 0 aliphatic carbocycles. The van der Waals surface area contributed by atoms with Crippen LogP contribution in [0.2, 0.25) is 0 Å². The van der Waals surface area contributed by atoms with Crippen LogP contribution in [0.15, 0.2) is 0 Å². The third-order valence-corrected chi connectivity index (χ3v) is 2.55. The van der Waals surface area contributed by atoms with Crippen LogP contribution in [0.1, 0.15) is 0 Å². The molecule has 4 N–H and O–H groups in total. The van der Waals surface area contributed by atoms with E-state index in [2.05, 4.69) is 0 Å². The van der Waals surface area contributed by atoms with Gasteiger partial charge >= 0.3 is 82.4 Å². The molecule has 5 heteroatoms. The van der Waals surface area contributed by atoms with Crippen LogP contribution in [-0.4, -0.2) is 40.5 Å². The fourth-order valence-corrected chi connectivity index (χ4v) is 1.39. The quantitative estimate of drug-likeness (QED) is 0.457. The summed E-state index contributed by atoms with van der Waals surface area (Å²) in [5.41, 5.74) is 0. The average Bonchev–Trinajstić information content (AvgIpc) is 1.84. The Kier molecular flexibility index (Phi) is 5.71. The molecular weight excluding hydrogens is 339 g/mol. The second kappa shape index (κ2) is 5.00. The van der Waals surface area contributed by atoms with Gasteiger partial charge in [0.2, 0.25) is 0 Å². The van der Waals surface area contributed by atoms with E-state index in [1.807, 2.05) is 0 Å². The number of hydrogen-bond donors (Lipinski definition) is 4. The zero-order valence-electron chi connectivity index (χ0n) is 4.81. The normalized spacial score (nSPS) is 21.1. The van der Waals surface area contributed by atoms with Crippen LogP contribution in [0.4, 0.5) is 0 Å². The average molecular weight is 348 g/mol. The van der Waals surface area contributed by atoms with Crippen LogP contribution in [0, 0.1) is 41.9 Å². The second-order valence-electron chi connectivity index (χ2n) is 1.73. The van der Waals surface area contributed by atoms with Crippen LogP contribution in [0.5, 0.6) is 0 Å². The zero-order valence-corrected chi connectivity index (χ0v) is 9.55. The van der Waals surface area contributed by atoms with Crippen LogP contribution in [0.25, 0.3) is 0 Å². The maximum atomic E-state index is 8.78. The molecule has 0 fully saturated rings. The van der Waals surface area contributed by atoms with E-state index in [4.69, 9.17) is 20.4 Å². The molecule has 0 bridgehead atoms. The summed E-state index contributed by atoms with van der Waals surface area (Å²) in [4.78, 5) is 0. The van der Waals surface area contributed by atoms with E-state index in [0.717, 1.165) is 0 Å². The zero-order chi connectivity index (χ0) is 7.44. The van der Waals surface area contributed by atoms with Crippen molar-refractivity contribution < 1.29 is 62.3 Å². The van der Waals surface area contributed by atoms with Crippen LogP contribution >= 0.6 is 0 Å². The molecule has 0 saturated carbocycles. The SMILES string of the molecule is OC[C@@H](O)[C@@H](O)[CH](O)[Ac]. The Morgan fingerprint density at radius 3 is 1.78 bits per heavy atom. The van der Waals surface area contributed by atoms with Crippen molar-refractivity contribution in [1.29, 1.82) is 0 Å². The van der Waals surface area contributed by atoms with E-state index >= 15 is 0 Å². The molecule has 0 aromatic rings. The molecule has 0 saturated heterocycles. The summed E-state index contributed by atoms with van der Waals surface area (Å²) in [5, 5.41) is 34.4. The van der Waals surface area contributed by atoms with Crippen LogP contribution in [0.3, 0.4) is 0 Å². The van der Waals surface area contributed by atoms with Crippen molar-refractivity contribution in [1.82, 2.24) is 0 Å². The Hall–Kier alpha value is 1.28. The second-order valence-corrected chi connectivity index (χ2v) is 4.54. The van der Waals surface area contributed by atoms with Crippen molar-refractivity contribution in [2.45, 2.75) is 13.5 Å². The van der Waals surface area contributed by atoms with Crippen LogP contribution in [-0.2, 0) is 0 Å². The predicted molar refractivity (Wildman–Crippen MR) is 25.1 cm³/mol. The molecule has 1 unspecified atom stereocenters. The van der Waals surface area contributed by atoms with E-state index in [-0.39, 0.29) is 41.9 Å². The number of aliphatic hydroxyl groups is 4. The topological polar surface area (TPSA) is 80.9 Å². The van der Waals surface area contributed by atoms with E-state index < -0.39 is 20.1 Å². The molecule has 0 aromatic heterocycles. The van der Waals surface area contributed by atoms with Gasteiger partial charge in [-0.2, -0.15) is 0 Å². The van der Waals surface area contributed by atoms with Gasteiger partial charge in [0.25, 0.3) is 0 Å². The van der Waals surface area contributed by atoms with E-state index in [1.165, 1.54) is 0 Å². The van der Waals surface area contributed by atoms with Crippen molar-refractivity contribution in [3.8, 4) is 0 Å². The molecule has 0 aliphatic rings. The molecular formula is C4H9AcO4. The first-order chi connectivity index (χ1) is 4.09. The minimum absolute atomic E-state index is 0.0494. The summed E-state index contributed by atoms with van der Waals surface area (Å²) in [6, 6.07) is 0. The number of hydrogen-bond acceptors (Lipinski definition) is 4. The first-order valence-electron chi connectivity index (χ1n) is 2.50. The number of rotatable bonds is 3. The Bertz CT molecular complexity index is 77.0. The van der Waals surface area contributed by atoms with Gasteiger partial charge in [-0.15, -0.1) is 0 Å². The Labute approximate surface area is 81.6 Å². The molecule has 0 aromatic carbocycles. The fourth-order valence-electron chi connectivity index (χ4n) is 0.336. The van der Waals surface area contributed by atoms with E-state index in [9.17, 15) is 0 Å². The minimum atomic E-state index is -1.20. The van der Waals surface area contributed by atoms with E-state index in [1.54, 1.807) is 0 Å². The number of aliphatic hydroxyl groups excluding tert-OH is 4. The van der Waals surface area contributed by atoms with Crippen molar-refractivity contribution >= 4 is 0 Å². The summed E-state index contributed by atoms with van der Waals surface area (Å²) in [7, 11) is 0. The van der Waals surface area contributed by atoms with Gasteiger partial charge in [-0.05, 0) is 0 Å². The van der Waals surface area contributed by atoms with Gasteiger partial charge in [0, 0.05) is 0 Å². The molecule has 4 nitrogen and oxygen atoms in total. The summed E-state index contributed by atoms with van der Waals surface area (Å²) in [6.07, 6.45) is -2.37. The summed E-state index contributed by atoms with van der Waals surface area (Å²) in [6.45, 7) is -0.505. The monoisotopic (exact) mass is 348 g/mol. The molecule has 0 heterocycles. The van der Waals surface area contributed by atoms with Gasteiger partial charge < -0.3 is 0 Å². The summed E-state index contributed by atoms with van der Waals surface area (Å²) < 4.78 is -0.818.